The van der Waals surface area contributed by atoms with E-state index in [0.29, 0.717) is 11.6 Å². The lowest BCUT2D eigenvalue weighted by Gasteiger charge is -2.48. The van der Waals surface area contributed by atoms with Gasteiger partial charge in [0.25, 0.3) is 0 Å². The zero-order valence-corrected chi connectivity index (χ0v) is 12.3. The molecule has 1 aliphatic heterocycles. The highest BCUT2D eigenvalue weighted by Crippen LogP contribution is 2.45. The first-order chi connectivity index (χ1) is 8.15. The maximum absolute atomic E-state index is 6.02. The van der Waals surface area contributed by atoms with Crippen LogP contribution in [0.5, 0.6) is 0 Å². The minimum Gasteiger partial charge on any atom is -0.375 e. The second-order valence-corrected chi connectivity index (χ2v) is 7.52. The first-order valence-corrected chi connectivity index (χ1v) is 8.13. The summed E-state index contributed by atoms with van der Waals surface area (Å²) in [6.07, 6.45) is 6.51. The van der Waals surface area contributed by atoms with Crippen LogP contribution >= 0.6 is 11.8 Å². The Morgan fingerprint density at radius 3 is 2.71 bits per heavy atom. The third-order valence-electron chi connectivity index (χ3n) is 4.34. The fourth-order valence-corrected chi connectivity index (χ4v) is 4.11. The Bertz CT molecular complexity index is 240. The van der Waals surface area contributed by atoms with Gasteiger partial charge in [-0.15, -0.1) is 0 Å². The molecule has 1 N–H and O–H groups in total. The predicted molar refractivity (Wildman–Crippen MR) is 75.7 cm³/mol. The Labute approximate surface area is 110 Å². The molecule has 1 saturated heterocycles. The van der Waals surface area contributed by atoms with Gasteiger partial charge in [-0.1, -0.05) is 13.8 Å². The smallest absolute Gasteiger partial charge is 0.0685 e. The Kier molecular flexibility index (Phi) is 4.79. The van der Waals surface area contributed by atoms with Gasteiger partial charge in [-0.2, -0.15) is 11.8 Å². The molecule has 0 aromatic rings. The van der Waals surface area contributed by atoms with Gasteiger partial charge in [-0.3, -0.25) is 0 Å². The third-order valence-corrected chi connectivity index (χ3v) is 5.56. The topological polar surface area (TPSA) is 21.3 Å². The standard InChI is InChI=1S/C14H27NOS/c1-11(2)17-10-13(15-3)12-5-8-16-14(9-12)6-4-7-14/h11-13,15H,4-10H2,1-3H3. The fraction of sp³-hybridized carbons (Fsp3) is 1.00. The predicted octanol–water partition coefficient (Wildman–Crippen LogP) is 3.07. The lowest BCUT2D eigenvalue weighted by molar-refractivity contribution is -0.146. The van der Waals surface area contributed by atoms with Gasteiger partial charge in [-0.25, -0.2) is 0 Å². The molecule has 1 heterocycles. The molecule has 0 aromatic carbocycles. The van der Waals surface area contributed by atoms with Gasteiger partial charge in [0.1, 0.15) is 0 Å². The van der Waals surface area contributed by atoms with E-state index >= 15 is 0 Å². The average molecular weight is 257 g/mol. The molecule has 1 spiro atoms. The summed E-state index contributed by atoms with van der Waals surface area (Å²) in [4.78, 5) is 0. The number of ether oxygens (including phenoxy) is 1. The first-order valence-electron chi connectivity index (χ1n) is 7.08. The van der Waals surface area contributed by atoms with E-state index in [1.807, 2.05) is 0 Å². The molecule has 1 aliphatic carbocycles. The Balaban J connectivity index is 1.85. The van der Waals surface area contributed by atoms with Crippen molar-refractivity contribution in [2.75, 3.05) is 19.4 Å². The average Bonchev–Trinajstić information content (AvgIpc) is 2.28. The summed E-state index contributed by atoms with van der Waals surface area (Å²) < 4.78 is 6.02. The van der Waals surface area contributed by atoms with Gasteiger partial charge in [0.05, 0.1) is 5.60 Å². The van der Waals surface area contributed by atoms with E-state index in [0.717, 1.165) is 17.8 Å². The zero-order valence-electron chi connectivity index (χ0n) is 11.5. The van der Waals surface area contributed by atoms with Crippen LogP contribution in [-0.2, 0) is 4.74 Å². The molecule has 1 saturated carbocycles. The largest absolute Gasteiger partial charge is 0.375 e. The molecule has 17 heavy (non-hydrogen) atoms. The van der Waals surface area contributed by atoms with E-state index in [2.05, 4.69) is 38.0 Å². The zero-order chi connectivity index (χ0) is 12.3. The molecule has 2 rings (SSSR count). The number of nitrogens with one attached hydrogen (secondary N) is 1. The SMILES string of the molecule is CNC(CSC(C)C)C1CCOC2(CCC2)C1. The van der Waals surface area contributed by atoms with E-state index < -0.39 is 0 Å². The summed E-state index contributed by atoms with van der Waals surface area (Å²) in [5.41, 5.74) is 0.292. The number of hydrogen-bond acceptors (Lipinski definition) is 3. The van der Waals surface area contributed by atoms with Crippen LogP contribution in [-0.4, -0.2) is 36.3 Å². The molecular formula is C14H27NOS. The highest BCUT2D eigenvalue weighted by molar-refractivity contribution is 7.99. The van der Waals surface area contributed by atoms with E-state index in [-0.39, 0.29) is 0 Å². The van der Waals surface area contributed by atoms with E-state index in [9.17, 15) is 0 Å². The monoisotopic (exact) mass is 257 g/mol. The van der Waals surface area contributed by atoms with Crippen molar-refractivity contribution in [3.8, 4) is 0 Å². The summed E-state index contributed by atoms with van der Waals surface area (Å²) >= 11 is 2.08. The molecule has 0 radical (unpaired) electrons. The maximum atomic E-state index is 6.02. The minimum absolute atomic E-state index is 0.292. The van der Waals surface area contributed by atoms with Crippen LogP contribution in [0.15, 0.2) is 0 Å². The molecule has 2 fully saturated rings. The molecule has 100 valence electrons. The van der Waals surface area contributed by atoms with Gasteiger partial charge in [0, 0.05) is 18.4 Å². The second kappa shape index (κ2) is 5.94. The third kappa shape index (κ3) is 3.39. The van der Waals surface area contributed by atoms with Crippen LogP contribution in [0.25, 0.3) is 0 Å². The summed E-state index contributed by atoms with van der Waals surface area (Å²) in [6.45, 7) is 5.55. The lowest BCUT2D eigenvalue weighted by Crippen LogP contribution is -2.50. The van der Waals surface area contributed by atoms with Crippen LogP contribution in [0.3, 0.4) is 0 Å². The van der Waals surface area contributed by atoms with Crippen LogP contribution in [0, 0.1) is 5.92 Å². The molecule has 0 aromatic heterocycles. The molecule has 2 aliphatic rings. The number of thioether (sulfide) groups is 1. The minimum atomic E-state index is 0.292. The van der Waals surface area contributed by atoms with Gasteiger partial charge in [-0.05, 0) is 50.3 Å². The van der Waals surface area contributed by atoms with Gasteiger partial charge in [0.2, 0.25) is 0 Å². The van der Waals surface area contributed by atoms with E-state index in [4.69, 9.17) is 4.74 Å². The quantitative estimate of drug-likeness (QED) is 0.818. The Morgan fingerprint density at radius 1 is 1.41 bits per heavy atom. The van der Waals surface area contributed by atoms with E-state index in [1.54, 1.807) is 0 Å². The Morgan fingerprint density at radius 2 is 2.18 bits per heavy atom. The van der Waals surface area contributed by atoms with Crippen molar-refractivity contribution in [1.82, 2.24) is 5.32 Å². The van der Waals surface area contributed by atoms with Crippen molar-refractivity contribution in [3.05, 3.63) is 0 Å². The van der Waals surface area contributed by atoms with Crippen molar-refractivity contribution in [1.29, 1.82) is 0 Å². The second-order valence-electron chi connectivity index (χ2n) is 5.92. The summed E-state index contributed by atoms with van der Waals surface area (Å²) in [7, 11) is 2.12. The molecule has 0 amide bonds. The molecular weight excluding hydrogens is 230 g/mol. The van der Waals surface area contributed by atoms with Crippen LogP contribution in [0.1, 0.15) is 46.0 Å². The maximum Gasteiger partial charge on any atom is 0.0685 e. The van der Waals surface area contributed by atoms with Crippen molar-refractivity contribution < 1.29 is 4.74 Å². The summed E-state index contributed by atoms with van der Waals surface area (Å²) in [5, 5.41) is 4.28. The molecule has 2 nitrogen and oxygen atoms in total. The van der Waals surface area contributed by atoms with Gasteiger partial charge in [0.15, 0.2) is 0 Å². The molecule has 2 atom stereocenters. The molecule has 0 bridgehead atoms. The van der Waals surface area contributed by atoms with Crippen molar-refractivity contribution >= 4 is 11.8 Å². The Hall–Kier alpha value is 0.270. The van der Waals surface area contributed by atoms with Gasteiger partial charge < -0.3 is 10.1 Å². The highest BCUT2D eigenvalue weighted by atomic mass is 32.2. The normalized spacial score (nSPS) is 29.3. The fourth-order valence-electron chi connectivity index (χ4n) is 3.08. The summed E-state index contributed by atoms with van der Waals surface area (Å²) in [5.74, 6) is 2.06. The highest BCUT2D eigenvalue weighted by Gasteiger charge is 2.43. The molecule has 2 unspecified atom stereocenters. The van der Waals surface area contributed by atoms with Gasteiger partial charge >= 0.3 is 0 Å². The van der Waals surface area contributed by atoms with Crippen LogP contribution < -0.4 is 5.32 Å². The number of rotatable bonds is 5. The van der Waals surface area contributed by atoms with Crippen molar-refractivity contribution in [3.63, 3.8) is 0 Å². The van der Waals surface area contributed by atoms with E-state index in [1.165, 1.54) is 37.9 Å². The van der Waals surface area contributed by atoms with Crippen LogP contribution in [0.4, 0.5) is 0 Å². The van der Waals surface area contributed by atoms with Crippen molar-refractivity contribution in [2.24, 2.45) is 5.92 Å². The summed E-state index contributed by atoms with van der Waals surface area (Å²) in [6, 6.07) is 0.670. The molecule has 3 heteroatoms. The number of hydrogen-bond donors (Lipinski definition) is 1. The first kappa shape index (κ1) is 13.7. The van der Waals surface area contributed by atoms with Crippen LogP contribution in [0.2, 0.25) is 0 Å². The van der Waals surface area contributed by atoms with Crippen molar-refractivity contribution in [2.45, 2.75) is 62.8 Å². The lowest BCUT2D eigenvalue weighted by atomic mass is 9.70.